The molecule has 0 aliphatic carbocycles. The largest absolute Gasteiger partial charge is 0.435 e. The summed E-state index contributed by atoms with van der Waals surface area (Å²) in [4.78, 5) is 14.0. The SMILES string of the molecule is CN(Cc1ccc(OC(F)F)cc1)C(=O)CSc1nn(-c2ccccc2)c(=S)s1. The standard InChI is InChI=1S/C19H17F2N3O2S3/c1-23(11-13-7-9-15(10-8-13)26-17(20)21)16(25)12-28-18-22-24(19(27)29-18)14-5-3-2-4-6-14/h2-10,17H,11-12H2,1H3. The minimum atomic E-state index is -2.86. The van der Waals surface area contributed by atoms with E-state index in [1.807, 2.05) is 30.3 Å². The second kappa shape index (κ2) is 9.95. The van der Waals surface area contributed by atoms with Crippen molar-refractivity contribution in [2.24, 2.45) is 0 Å². The lowest BCUT2D eigenvalue weighted by atomic mass is 10.2. The number of amides is 1. The lowest BCUT2D eigenvalue weighted by molar-refractivity contribution is -0.127. The number of ether oxygens (including phenoxy) is 1. The van der Waals surface area contributed by atoms with Gasteiger partial charge in [0.2, 0.25) is 5.91 Å². The van der Waals surface area contributed by atoms with Crippen molar-refractivity contribution >= 4 is 41.2 Å². The van der Waals surface area contributed by atoms with E-state index in [2.05, 4.69) is 9.84 Å². The number of benzene rings is 2. The van der Waals surface area contributed by atoms with Crippen molar-refractivity contribution in [1.29, 1.82) is 0 Å². The van der Waals surface area contributed by atoms with Gasteiger partial charge in [0.1, 0.15) is 5.75 Å². The molecular formula is C19H17F2N3O2S3. The van der Waals surface area contributed by atoms with E-state index in [4.69, 9.17) is 12.2 Å². The van der Waals surface area contributed by atoms with Gasteiger partial charge in [-0.25, -0.2) is 4.68 Å². The van der Waals surface area contributed by atoms with E-state index in [1.165, 1.54) is 35.2 Å². The van der Waals surface area contributed by atoms with Crippen LogP contribution in [0.2, 0.25) is 0 Å². The minimum absolute atomic E-state index is 0.0738. The highest BCUT2D eigenvalue weighted by Gasteiger charge is 2.13. The summed E-state index contributed by atoms with van der Waals surface area (Å²) in [5.74, 6) is 0.235. The zero-order chi connectivity index (χ0) is 20.8. The summed E-state index contributed by atoms with van der Waals surface area (Å²) < 4.78 is 31.7. The maximum atomic E-state index is 12.4. The molecule has 0 aliphatic rings. The van der Waals surface area contributed by atoms with Crippen LogP contribution in [0.5, 0.6) is 5.75 Å². The topological polar surface area (TPSA) is 47.4 Å². The summed E-state index contributed by atoms with van der Waals surface area (Å²) in [6.45, 7) is -2.49. The van der Waals surface area contributed by atoms with Crippen molar-refractivity contribution in [3.05, 3.63) is 64.1 Å². The molecule has 3 rings (SSSR count). The Labute approximate surface area is 179 Å². The molecule has 0 saturated carbocycles. The fraction of sp³-hybridized carbons (Fsp3) is 0.211. The molecule has 1 aromatic heterocycles. The zero-order valence-electron chi connectivity index (χ0n) is 15.3. The highest BCUT2D eigenvalue weighted by molar-refractivity contribution is 8.01. The molecule has 10 heteroatoms. The van der Waals surface area contributed by atoms with E-state index < -0.39 is 6.61 Å². The quantitative estimate of drug-likeness (QED) is 0.354. The monoisotopic (exact) mass is 453 g/mol. The van der Waals surface area contributed by atoms with Crippen molar-refractivity contribution in [2.75, 3.05) is 12.8 Å². The molecular weight excluding hydrogens is 436 g/mol. The van der Waals surface area contributed by atoms with Gasteiger partial charge in [0, 0.05) is 13.6 Å². The fourth-order valence-corrected chi connectivity index (χ4v) is 4.73. The van der Waals surface area contributed by atoms with Gasteiger partial charge in [-0.15, -0.1) is 5.10 Å². The van der Waals surface area contributed by atoms with Gasteiger partial charge in [-0.1, -0.05) is 53.4 Å². The maximum Gasteiger partial charge on any atom is 0.387 e. The van der Waals surface area contributed by atoms with Gasteiger partial charge >= 0.3 is 6.61 Å². The Kier molecular flexibility index (Phi) is 7.34. The predicted molar refractivity (Wildman–Crippen MR) is 113 cm³/mol. The van der Waals surface area contributed by atoms with Crippen molar-refractivity contribution in [2.45, 2.75) is 17.5 Å². The Morgan fingerprint density at radius 2 is 1.93 bits per heavy atom. The smallest absolute Gasteiger partial charge is 0.387 e. The second-order valence-electron chi connectivity index (χ2n) is 5.94. The van der Waals surface area contributed by atoms with Crippen LogP contribution in [0.3, 0.4) is 0 Å². The lowest BCUT2D eigenvalue weighted by Gasteiger charge is -2.17. The summed E-state index contributed by atoms with van der Waals surface area (Å²) in [6.07, 6.45) is 0. The Hall–Kier alpha value is -2.30. The van der Waals surface area contributed by atoms with Gasteiger partial charge in [-0.05, 0) is 42.0 Å². The summed E-state index contributed by atoms with van der Waals surface area (Å²) in [5, 5.41) is 4.48. The maximum absolute atomic E-state index is 12.4. The van der Waals surface area contributed by atoms with Gasteiger partial charge in [0.25, 0.3) is 0 Å². The number of halogens is 2. The number of nitrogens with zero attached hydrogens (tertiary/aromatic N) is 3. The van der Waals surface area contributed by atoms with E-state index in [9.17, 15) is 13.6 Å². The molecule has 0 fully saturated rings. The second-order valence-corrected chi connectivity index (χ2v) is 8.79. The van der Waals surface area contributed by atoms with Crippen LogP contribution >= 0.6 is 35.3 Å². The number of carbonyl (C=O) groups is 1. The van der Waals surface area contributed by atoms with Crippen molar-refractivity contribution in [1.82, 2.24) is 14.7 Å². The van der Waals surface area contributed by atoms with Gasteiger partial charge in [-0.3, -0.25) is 4.79 Å². The number of alkyl halides is 2. The average molecular weight is 454 g/mol. The summed E-state index contributed by atoms with van der Waals surface area (Å²) in [7, 11) is 1.69. The lowest BCUT2D eigenvalue weighted by Crippen LogP contribution is -2.27. The number of carbonyl (C=O) groups excluding carboxylic acids is 1. The van der Waals surface area contributed by atoms with E-state index in [-0.39, 0.29) is 17.4 Å². The molecule has 0 unspecified atom stereocenters. The average Bonchev–Trinajstić information content (AvgIpc) is 3.08. The Balaban J connectivity index is 1.55. The third-order valence-electron chi connectivity index (χ3n) is 3.84. The Morgan fingerprint density at radius 1 is 1.24 bits per heavy atom. The molecule has 0 spiro atoms. The number of para-hydroxylation sites is 1. The van der Waals surface area contributed by atoms with Gasteiger partial charge < -0.3 is 9.64 Å². The first-order valence-electron chi connectivity index (χ1n) is 8.48. The first kappa shape index (κ1) is 21.4. The molecule has 1 heterocycles. The first-order chi connectivity index (χ1) is 13.9. The van der Waals surface area contributed by atoms with E-state index in [0.29, 0.717) is 14.8 Å². The Bertz CT molecular complexity index is 1010. The molecule has 0 aliphatic heterocycles. The molecule has 0 saturated heterocycles. The van der Waals surface area contributed by atoms with Crippen molar-refractivity contribution in [3.8, 4) is 11.4 Å². The number of hydrogen-bond donors (Lipinski definition) is 0. The molecule has 0 radical (unpaired) electrons. The zero-order valence-corrected chi connectivity index (χ0v) is 17.8. The Morgan fingerprint density at radius 3 is 2.59 bits per heavy atom. The van der Waals surface area contributed by atoms with Gasteiger partial charge in [0.15, 0.2) is 8.29 Å². The van der Waals surface area contributed by atoms with Crippen LogP contribution in [0.15, 0.2) is 58.9 Å². The predicted octanol–water partition coefficient (Wildman–Crippen LogP) is 5.02. The molecule has 3 aromatic rings. The van der Waals surface area contributed by atoms with Crippen LogP contribution in [-0.4, -0.2) is 40.0 Å². The summed E-state index contributed by atoms with van der Waals surface area (Å²) in [5.41, 5.74) is 1.69. The summed E-state index contributed by atoms with van der Waals surface area (Å²) in [6, 6.07) is 15.8. The van der Waals surface area contributed by atoms with Gasteiger partial charge in [0.05, 0.1) is 11.4 Å². The minimum Gasteiger partial charge on any atom is -0.435 e. The molecule has 1 amide bonds. The fourth-order valence-electron chi connectivity index (χ4n) is 2.42. The van der Waals surface area contributed by atoms with Crippen LogP contribution in [0.25, 0.3) is 5.69 Å². The van der Waals surface area contributed by atoms with Crippen LogP contribution in [-0.2, 0) is 11.3 Å². The highest BCUT2D eigenvalue weighted by Crippen LogP contribution is 2.24. The molecule has 152 valence electrons. The molecule has 0 atom stereocenters. The third-order valence-corrected chi connectivity index (χ3v) is 6.19. The number of thioether (sulfide) groups is 1. The molecule has 2 aromatic carbocycles. The van der Waals surface area contributed by atoms with Crippen molar-refractivity contribution in [3.63, 3.8) is 0 Å². The third kappa shape index (κ3) is 6.09. The highest BCUT2D eigenvalue weighted by atomic mass is 32.2. The van der Waals surface area contributed by atoms with E-state index >= 15 is 0 Å². The number of aromatic nitrogens is 2. The number of hydrogen-bond acceptors (Lipinski definition) is 6. The molecule has 29 heavy (non-hydrogen) atoms. The van der Waals surface area contributed by atoms with Crippen LogP contribution in [0.1, 0.15) is 5.56 Å². The van der Waals surface area contributed by atoms with Gasteiger partial charge in [-0.2, -0.15) is 8.78 Å². The first-order valence-corrected chi connectivity index (χ1v) is 10.7. The summed E-state index contributed by atoms with van der Waals surface area (Å²) >= 11 is 8.05. The van der Waals surface area contributed by atoms with Crippen LogP contribution in [0.4, 0.5) is 8.78 Å². The molecule has 0 bridgehead atoms. The molecule has 5 nitrogen and oxygen atoms in total. The number of rotatable bonds is 8. The van der Waals surface area contributed by atoms with Crippen molar-refractivity contribution < 1.29 is 18.3 Å². The van der Waals surface area contributed by atoms with E-state index in [1.54, 1.807) is 28.8 Å². The van der Waals surface area contributed by atoms with E-state index in [0.717, 1.165) is 11.3 Å². The molecule has 0 N–H and O–H groups in total. The van der Waals surface area contributed by atoms with Crippen LogP contribution in [0, 0.1) is 3.95 Å². The normalized spacial score (nSPS) is 10.9. The van der Waals surface area contributed by atoms with Crippen LogP contribution < -0.4 is 4.74 Å².